The maximum Gasteiger partial charge on any atom is 0.413 e. The first-order valence-electron chi connectivity index (χ1n) is 15.0. The number of likely N-dealkylation sites (tertiary alicyclic amines) is 1. The number of amides is 3. The third-order valence-electron chi connectivity index (χ3n) is 8.00. The molecule has 14 nitrogen and oxygen atoms in total. The first kappa shape index (κ1) is 31.9. The number of carboxylic acids is 1. The van der Waals surface area contributed by atoms with Gasteiger partial charge >= 0.3 is 18.1 Å². The van der Waals surface area contributed by atoms with E-state index in [4.69, 9.17) is 14.2 Å². The Bertz CT molecular complexity index is 1550. The molecule has 2 aliphatic rings. The minimum atomic E-state index is -1.13. The molecule has 3 aromatic rings. The van der Waals surface area contributed by atoms with Gasteiger partial charge in [0.1, 0.15) is 17.5 Å². The first-order valence-corrected chi connectivity index (χ1v) is 15.0. The number of aromatic amines is 1. The van der Waals surface area contributed by atoms with Gasteiger partial charge in [-0.2, -0.15) is 5.10 Å². The van der Waals surface area contributed by atoms with Gasteiger partial charge in [0.25, 0.3) is 0 Å². The number of piperidine rings is 1. The normalized spacial score (nSPS) is 16.4. The number of fused-ring (bicyclic) bond motifs is 3. The number of hydrogen-bond acceptors (Lipinski definition) is 9. The lowest BCUT2D eigenvalue weighted by atomic mass is 9.83. The van der Waals surface area contributed by atoms with Gasteiger partial charge in [-0.1, -0.05) is 18.2 Å². The lowest BCUT2D eigenvalue weighted by Gasteiger charge is -2.43. The zero-order chi connectivity index (χ0) is 31.8. The number of hydrogen-bond donors (Lipinski definition) is 5. The van der Waals surface area contributed by atoms with E-state index < -0.39 is 29.7 Å². The van der Waals surface area contributed by atoms with Crippen LogP contribution in [-0.4, -0.2) is 102 Å². The van der Waals surface area contributed by atoms with E-state index in [0.717, 1.165) is 39.7 Å². The highest BCUT2D eigenvalue weighted by Gasteiger charge is 2.46. The van der Waals surface area contributed by atoms with E-state index >= 15 is 0 Å². The molecule has 0 bridgehead atoms. The fraction of sp³-hybridized carbons (Fsp3) is 0.452. The lowest BCUT2D eigenvalue weighted by molar-refractivity contribution is -0.139. The van der Waals surface area contributed by atoms with Crippen molar-refractivity contribution < 1.29 is 33.7 Å². The number of carboxylic acid groups (broad SMARTS) is 1. The summed E-state index contributed by atoms with van der Waals surface area (Å²) in [5.41, 5.74) is 3.20. The average molecular weight is 622 g/mol. The van der Waals surface area contributed by atoms with E-state index in [1.807, 2.05) is 44.3 Å². The standard InChI is InChI=1S/C31H39N7O7/c1-20-14-22(15-23-19-34-37-26(20)23)17-25(28(39)40)35-29(41)38-8-5-31(6-9-38)24-16-21(18-33-27(24)36-30(42)45-31)4-3-10-43-12-13-44-11-7-32-2/h3-4,14-16,18-19,25,32H,5-13,17H2,1-2H3,(H,34,37)(H,35,41)(H,39,40)(H,33,36,42)/b4-3+/t25-/m1/s1. The SMILES string of the molecule is CNCCOCCOC/C=C/c1cnc2c(c1)C1(CCN(C(=O)N[C@H](Cc3cc(C)c4[nH]ncc4c3)C(=O)O)CC1)OC(=O)N2. The van der Waals surface area contributed by atoms with Crippen LogP contribution < -0.4 is 16.0 Å². The number of nitrogens with zero attached hydrogens (tertiary/aromatic N) is 3. The van der Waals surface area contributed by atoms with Crippen molar-refractivity contribution in [1.82, 2.24) is 30.7 Å². The second kappa shape index (κ2) is 14.5. The van der Waals surface area contributed by atoms with E-state index in [1.54, 1.807) is 17.3 Å². The van der Waals surface area contributed by atoms with Crippen LogP contribution in [0.25, 0.3) is 17.0 Å². The van der Waals surface area contributed by atoms with E-state index in [1.165, 1.54) is 0 Å². The molecule has 2 aromatic heterocycles. The monoisotopic (exact) mass is 621 g/mol. The van der Waals surface area contributed by atoms with Crippen molar-refractivity contribution in [2.45, 2.75) is 37.8 Å². The van der Waals surface area contributed by atoms with Crippen molar-refractivity contribution in [3.05, 3.63) is 58.9 Å². The quantitative estimate of drug-likeness (QED) is 0.178. The number of aliphatic carboxylic acids is 1. The van der Waals surface area contributed by atoms with Gasteiger partial charge in [-0.05, 0) is 42.8 Å². The fourth-order valence-electron chi connectivity index (χ4n) is 5.65. The maximum absolute atomic E-state index is 13.2. The zero-order valence-corrected chi connectivity index (χ0v) is 25.4. The Morgan fingerprint density at radius 2 is 1.98 bits per heavy atom. The number of ether oxygens (including phenoxy) is 3. The van der Waals surface area contributed by atoms with Gasteiger partial charge in [0.05, 0.1) is 38.1 Å². The molecule has 4 heterocycles. The molecule has 1 atom stereocenters. The number of aromatic nitrogens is 3. The molecule has 0 radical (unpaired) electrons. The summed E-state index contributed by atoms with van der Waals surface area (Å²) in [6.07, 6.45) is 7.30. The third-order valence-corrected chi connectivity index (χ3v) is 8.00. The largest absolute Gasteiger partial charge is 0.480 e. The molecule has 1 aromatic carbocycles. The number of pyridine rings is 1. The Kier molecular flexibility index (Phi) is 10.3. The van der Waals surface area contributed by atoms with Crippen molar-refractivity contribution in [1.29, 1.82) is 0 Å². The molecule has 1 spiro atoms. The molecule has 14 heteroatoms. The van der Waals surface area contributed by atoms with E-state index in [9.17, 15) is 19.5 Å². The summed E-state index contributed by atoms with van der Waals surface area (Å²) in [7, 11) is 1.87. The average Bonchev–Trinajstić information content (AvgIpc) is 3.50. The summed E-state index contributed by atoms with van der Waals surface area (Å²) in [5.74, 6) is -0.704. The molecule has 2 aliphatic heterocycles. The number of carbonyl (C=O) groups is 3. The van der Waals surface area contributed by atoms with Crippen LogP contribution in [0, 0.1) is 6.92 Å². The van der Waals surface area contributed by atoms with Crippen LogP contribution in [0.1, 0.15) is 35.1 Å². The molecular formula is C31H39N7O7. The number of urea groups is 1. The van der Waals surface area contributed by atoms with Gasteiger partial charge in [0.2, 0.25) is 0 Å². The third kappa shape index (κ3) is 7.77. The Labute approximate surface area is 260 Å². The smallest absolute Gasteiger partial charge is 0.413 e. The second-order valence-electron chi connectivity index (χ2n) is 11.1. The number of carbonyl (C=O) groups excluding carboxylic acids is 2. The molecule has 45 heavy (non-hydrogen) atoms. The molecule has 3 amide bonds. The van der Waals surface area contributed by atoms with Crippen LogP contribution in [0.3, 0.4) is 0 Å². The Balaban J connectivity index is 1.19. The summed E-state index contributed by atoms with van der Waals surface area (Å²) >= 11 is 0. The van der Waals surface area contributed by atoms with Crippen LogP contribution in [0.5, 0.6) is 0 Å². The van der Waals surface area contributed by atoms with Gasteiger partial charge in [-0.3, -0.25) is 10.4 Å². The zero-order valence-electron chi connectivity index (χ0n) is 25.4. The van der Waals surface area contributed by atoms with E-state index in [2.05, 4.69) is 31.1 Å². The Hall–Kier alpha value is -4.53. The van der Waals surface area contributed by atoms with E-state index in [-0.39, 0.29) is 19.5 Å². The molecule has 0 aliphatic carbocycles. The summed E-state index contributed by atoms with van der Waals surface area (Å²) in [6, 6.07) is 4.08. The molecule has 5 N–H and O–H groups in total. The minimum Gasteiger partial charge on any atom is -0.480 e. The number of H-pyrrole nitrogens is 1. The first-order chi connectivity index (χ1) is 21.8. The van der Waals surface area contributed by atoms with Crippen LogP contribution in [-0.2, 0) is 31.0 Å². The highest BCUT2D eigenvalue weighted by Crippen LogP contribution is 2.43. The van der Waals surface area contributed by atoms with Crippen LogP contribution in [0.15, 0.2) is 36.7 Å². The molecule has 0 unspecified atom stereocenters. The summed E-state index contributed by atoms with van der Waals surface area (Å²) < 4.78 is 16.9. The van der Waals surface area contributed by atoms with Gasteiger partial charge in [-0.15, -0.1) is 0 Å². The molecular weight excluding hydrogens is 582 g/mol. The summed E-state index contributed by atoms with van der Waals surface area (Å²) in [5, 5.41) is 26.1. The fourth-order valence-corrected chi connectivity index (χ4v) is 5.65. The van der Waals surface area contributed by atoms with Crippen LogP contribution in [0.4, 0.5) is 15.4 Å². The Morgan fingerprint density at radius 3 is 2.76 bits per heavy atom. The van der Waals surface area contributed by atoms with Gasteiger partial charge in [0, 0.05) is 56.0 Å². The Morgan fingerprint density at radius 1 is 1.18 bits per heavy atom. The molecule has 1 fully saturated rings. The van der Waals surface area contributed by atoms with Crippen molar-refractivity contribution in [2.24, 2.45) is 0 Å². The van der Waals surface area contributed by atoms with Crippen LogP contribution in [0.2, 0.25) is 0 Å². The number of likely N-dealkylation sites (N-methyl/N-ethyl adjacent to an activating group) is 1. The summed E-state index contributed by atoms with van der Waals surface area (Å²) in [4.78, 5) is 43.8. The number of rotatable bonds is 13. The van der Waals surface area contributed by atoms with Crippen molar-refractivity contribution >= 4 is 40.9 Å². The van der Waals surface area contributed by atoms with Gasteiger partial charge in [-0.25, -0.2) is 19.4 Å². The summed E-state index contributed by atoms with van der Waals surface area (Å²) in [6.45, 7) is 5.27. The van der Waals surface area contributed by atoms with Crippen LogP contribution >= 0.6 is 0 Å². The highest BCUT2D eigenvalue weighted by atomic mass is 16.6. The van der Waals surface area contributed by atoms with E-state index in [0.29, 0.717) is 45.1 Å². The molecule has 0 saturated carbocycles. The highest BCUT2D eigenvalue weighted by molar-refractivity contribution is 5.88. The van der Waals surface area contributed by atoms with Crippen molar-refractivity contribution in [2.75, 3.05) is 58.4 Å². The van der Waals surface area contributed by atoms with Gasteiger partial charge in [0.15, 0.2) is 0 Å². The minimum absolute atomic E-state index is 0.120. The molecule has 5 rings (SSSR count). The van der Waals surface area contributed by atoms with Crippen molar-refractivity contribution in [3.63, 3.8) is 0 Å². The lowest BCUT2D eigenvalue weighted by Crippen LogP contribution is -2.54. The van der Waals surface area contributed by atoms with Gasteiger partial charge < -0.3 is 34.9 Å². The molecule has 1 saturated heterocycles. The molecule has 240 valence electrons. The second-order valence-corrected chi connectivity index (χ2v) is 11.1. The topological polar surface area (TPSA) is 180 Å². The van der Waals surface area contributed by atoms with Crippen molar-refractivity contribution in [3.8, 4) is 0 Å². The predicted molar refractivity (Wildman–Crippen MR) is 166 cm³/mol. The number of benzene rings is 1. The maximum atomic E-state index is 13.2. The number of nitrogens with one attached hydrogen (secondary N) is 4. The number of aryl methyl sites for hydroxylation is 1. The predicted octanol–water partition coefficient (Wildman–Crippen LogP) is 2.79. The number of anilines is 1.